The molecule has 20 unspecified atom stereocenters. The van der Waals surface area contributed by atoms with E-state index in [2.05, 4.69) is 39.8 Å². The van der Waals surface area contributed by atoms with Crippen molar-refractivity contribution in [3.8, 4) is 17.2 Å². The van der Waals surface area contributed by atoms with E-state index < -0.39 is 90.8 Å². The molecule has 4 saturated heterocycles. The first-order valence-corrected chi connectivity index (χ1v) is 28.0. The van der Waals surface area contributed by atoms with Gasteiger partial charge in [-0.2, -0.15) is 0 Å². The van der Waals surface area contributed by atoms with Gasteiger partial charge in [0.1, 0.15) is 59.3 Å². The van der Waals surface area contributed by atoms with E-state index in [4.69, 9.17) is 52.5 Å². The standard InChI is InChI=1S/C48H72O14.C14H12O3/c1-11-25(2)43-28(5)17-18-47(62-43)23-34-20-33(61-47)16-15-27(4)42(26(3)13-12-14-32-24-55-45-40(49)29(6)19-35(46(51)58-34)48(32,45)52)59-39-22-37(54-10)44(31(8)57-39)60-38-21-36(53-9)41(50)30(7)56-38;15-12-5-3-10(4-6-12)1-2-11-7-13(16)9-14(17)8-11/h12-15,17-19,25-26,28,30-31,33-45,49-50,52H,11,16,20-24H2,1-10H3;1-9,15-17H. The minimum Gasteiger partial charge on any atom is -0.508 e. The molecule has 4 fully saturated rings. The van der Waals surface area contributed by atoms with Crippen molar-refractivity contribution in [2.75, 3.05) is 20.8 Å². The molecule has 0 aromatic heterocycles. The summed E-state index contributed by atoms with van der Waals surface area (Å²) in [5.41, 5.74) is 1.76. The van der Waals surface area contributed by atoms with Gasteiger partial charge in [-0.1, -0.05) is 94.9 Å². The van der Waals surface area contributed by atoms with Crippen LogP contribution >= 0.6 is 0 Å². The van der Waals surface area contributed by atoms with E-state index in [1.165, 1.54) is 6.07 Å². The first-order chi connectivity index (χ1) is 37.6. The number of fused-ring (bicyclic) bond motifs is 2. The van der Waals surface area contributed by atoms with Crippen LogP contribution in [0.5, 0.6) is 17.2 Å². The molecule has 6 heterocycles. The molecule has 0 radical (unpaired) electrons. The van der Waals surface area contributed by atoms with Gasteiger partial charge in [0.15, 0.2) is 18.4 Å². The van der Waals surface area contributed by atoms with E-state index in [1.54, 1.807) is 82.7 Å². The lowest BCUT2D eigenvalue weighted by Gasteiger charge is -2.48. The van der Waals surface area contributed by atoms with E-state index in [1.807, 2.05) is 38.2 Å². The number of phenols is 3. The van der Waals surface area contributed by atoms with E-state index in [-0.39, 0.29) is 59.9 Å². The van der Waals surface area contributed by atoms with Gasteiger partial charge in [-0.3, -0.25) is 4.79 Å². The normalized spacial score (nSPS) is 39.2. The second-order valence-electron chi connectivity index (χ2n) is 22.7. The van der Waals surface area contributed by atoms with E-state index in [9.17, 15) is 30.3 Å². The Balaban J connectivity index is 0.000000410. The second-order valence-corrected chi connectivity index (χ2v) is 22.7. The third-order valence-electron chi connectivity index (χ3n) is 16.8. The van der Waals surface area contributed by atoms with Gasteiger partial charge in [0.2, 0.25) is 0 Å². The molecule has 1 aliphatic carbocycles. The van der Waals surface area contributed by atoms with Crippen molar-refractivity contribution in [2.24, 2.45) is 23.7 Å². The van der Waals surface area contributed by atoms with Gasteiger partial charge in [0.05, 0.1) is 49.3 Å². The smallest absolute Gasteiger partial charge is 0.316 e. The summed E-state index contributed by atoms with van der Waals surface area (Å²) in [6.45, 7) is 16.1. The molecule has 17 heteroatoms. The monoisotopic (exact) mass is 1100 g/mol. The van der Waals surface area contributed by atoms with Crippen LogP contribution < -0.4 is 0 Å². The highest BCUT2D eigenvalue weighted by Crippen LogP contribution is 2.47. The number of hydrogen-bond acceptors (Lipinski definition) is 17. The second kappa shape index (κ2) is 26.0. The molecule has 0 saturated carbocycles. The number of ether oxygens (including phenoxy) is 10. The number of aromatic hydroxyl groups is 3. The maximum Gasteiger partial charge on any atom is 0.316 e. The maximum atomic E-state index is 14.3. The van der Waals surface area contributed by atoms with Gasteiger partial charge < -0.3 is 78.0 Å². The molecule has 0 amide bonds. The lowest BCUT2D eigenvalue weighted by molar-refractivity contribution is -0.318. The largest absolute Gasteiger partial charge is 0.508 e. The topological polar surface area (TPSA) is 231 Å². The minimum absolute atomic E-state index is 0.0235. The number of hydrogen-bond donors (Lipinski definition) is 6. The predicted molar refractivity (Wildman–Crippen MR) is 294 cm³/mol. The average Bonchev–Trinajstić information content (AvgIpc) is 4.06. The minimum atomic E-state index is -1.84. The molecule has 17 nitrogen and oxygen atoms in total. The van der Waals surface area contributed by atoms with Crippen LogP contribution in [0.4, 0.5) is 0 Å². The number of benzene rings is 2. The fourth-order valence-corrected chi connectivity index (χ4v) is 12.1. The summed E-state index contributed by atoms with van der Waals surface area (Å²) >= 11 is 0. The van der Waals surface area contributed by atoms with Gasteiger partial charge in [-0.15, -0.1) is 0 Å². The molecule has 6 N–H and O–H groups in total. The molecule has 1 spiro atoms. The number of methoxy groups -OCH3 is 2. The Hall–Kier alpha value is -4.73. The molecular weight excluding hydrogens is 1020 g/mol. The third-order valence-corrected chi connectivity index (χ3v) is 16.8. The van der Waals surface area contributed by atoms with Crippen LogP contribution in [0.1, 0.15) is 105 Å². The van der Waals surface area contributed by atoms with Crippen molar-refractivity contribution in [1.29, 1.82) is 0 Å². The molecule has 2 bridgehead atoms. The van der Waals surface area contributed by atoms with Gasteiger partial charge >= 0.3 is 5.97 Å². The van der Waals surface area contributed by atoms with E-state index in [0.717, 1.165) is 17.6 Å². The summed E-state index contributed by atoms with van der Waals surface area (Å²) < 4.78 is 63.7. The zero-order valence-corrected chi connectivity index (χ0v) is 47.3. The fourth-order valence-electron chi connectivity index (χ4n) is 12.1. The van der Waals surface area contributed by atoms with E-state index >= 15 is 0 Å². The van der Waals surface area contributed by atoms with Crippen molar-refractivity contribution in [2.45, 2.75) is 191 Å². The number of allylic oxidation sites excluding steroid dienone is 2. The molecule has 7 aliphatic rings. The molecule has 20 atom stereocenters. The predicted octanol–water partition coefficient (Wildman–Crippen LogP) is 8.35. The zero-order chi connectivity index (χ0) is 56.9. The highest BCUT2D eigenvalue weighted by molar-refractivity contribution is 5.78. The Kier molecular flexibility index (Phi) is 19.9. The van der Waals surface area contributed by atoms with Crippen LogP contribution in [0.15, 0.2) is 102 Å². The number of carbonyl (C=O) groups is 1. The number of phenolic OH excluding ortho intramolecular Hbond substituents is 3. The zero-order valence-electron chi connectivity index (χ0n) is 47.3. The Bertz CT molecular complexity index is 2550. The molecule has 9 rings (SSSR count). The van der Waals surface area contributed by atoms with E-state index in [0.29, 0.717) is 48.8 Å². The Morgan fingerprint density at radius 1 is 0.785 bits per heavy atom. The summed E-state index contributed by atoms with van der Waals surface area (Å²) in [6.07, 6.45) is 12.1. The maximum absolute atomic E-state index is 14.3. The Labute approximate surface area is 465 Å². The van der Waals surface area contributed by atoms with Crippen molar-refractivity contribution < 1.29 is 82.8 Å². The van der Waals surface area contributed by atoms with Crippen LogP contribution in [0.2, 0.25) is 0 Å². The number of carbonyl (C=O) groups excluding carboxylic acids is 1. The highest BCUT2D eigenvalue weighted by atomic mass is 16.7. The molecule has 2 aromatic carbocycles. The molecular formula is C62H84O17. The summed E-state index contributed by atoms with van der Waals surface area (Å²) in [5, 5.41) is 62.0. The summed E-state index contributed by atoms with van der Waals surface area (Å²) in [5.74, 6) is -2.30. The SMILES string of the molecule is CCC(C)C1OC2(C=CC1C)CC1CC(CC=C(C)C(OC3CC(OC)C(OC4CC(OC)C(O)C(C)O4)C(C)O3)C(C)C=CC=C3COC4C(O)C(C)=CC(C(=O)O1)C34O)O2.Oc1ccc(C=Cc2cc(O)cc(O)c2)cc1. The van der Waals surface area contributed by atoms with Crippen molar-refractivity contribution in [1.82, 2.24) is 0 Å². The lowest BCUT2D eigenvalue weighted by Crippen LogP contribution is -2.58. The van der Waals surface area contributed by atoms with Crippen LogP contribution in [0, 0.1) is 23.7 Å². The Morgan fingerprint density at radius 2 is 1.46 bits per heavy atom. The van der Waals surface area contributed by atoms with Crippen molar-refractivity contribution in [3.63, 3.8) is 0 Å². The molecule has 434 valence electrons. The summed E-state index contributed by atoms with van der Waals surface area (Å²) in [6, 6.07) is 11.1. The number of aliphatic hydroxyl groups is 3. The lowest BCUT2D eigenvalue weighted by atomic mass is 9.71. The first-order valence-electron chi connectivity index (χ1n) is 28.0. The first kappa shape index (κ1) is 60.4. The van der Waals surface area contributed by atoms with Crippen molar-refractivity contribution >= 4 is 18.1 Å². The van der Waals surface area contributed by atoms with Crippen LogP contribution in [-0.4, -0.2) is 155 Å². The van der Waals surface area contributed by atoms with Gasteiger partial charge in [0.25, 0.3) is 0 Å². The fraction of sp³-hybridized carbons (Fsp3) is 0.597. The quantitative estimate of drug-likeness (QED) is 0.0746. The van der Waals surface area contributed by atoms with Gasteiger partial charge in [-0.25, -0.2) is 0 Å². The van der Waals surface area contributed by atoms with Gasteiger partial charge in [0, 0.05) is 57.8 Å². The average molecular weight is 1100 g/mol. The number of aliphatic hydroxyl groups excluding tert-OH is 2. The molecule has 6 aliphatic heterocycles. The Morgan fingerprint density at radius 3 is 2.15 bits per heavy atom. The van der Waals surface area contributed by atoms with Crippen molar-refractivity contribution in [3.05, 3.63) is 113 Å². The summed E-state index contributed by atoms with van der Waals surface area (Å²) in [7, 11) is 3.22. The molecule has 79 heavy (non-hydrogen) atoms. The van der Waals surface area contributed by atoms with Gasteiger partial charge in [-0.05, 0) is 98.2 Å². The number of esters is 1. The van der Waals surface area contributed by atoms with Crippen LogP contribution in [0.3, 0.4) is 0 Å². The third kappa shape index (κ3) is 14.0. The number of rotatable bonds is 10. The summed E-state index contributed by atoms with van der Waals surface area (Å²) in [4.78, 5) is 14.3. The van der Waals surface area contributed by atoms with Crippen LogP contribution in [0.25, 0.3) is 12.2 Å². The highest BCUT2D eigenvalue weighted by Gasteiger charge is 2.60. The molecule has 2 aromatic rings. The van der Waals surface area contributed by atoms with Crippen LogP contribution in [-0.2, 0) is 52.2 Å².